The molecule has 0 fully saturated rings. The predicted molar refractivity (Wildman–Crippen MR) is 63.2 cm³/mol. The molecule has 1 aromatic rings. The van der Waals surface area contributed by atoms with Gasteiger partial charge in [-0.3, -0.25) is 4.79 Å². The molecule has 0 spiro atoms. The van der Waals surface area contributed by atoms with Gasteiger partial charge in [0.05, 0.1) is 12.8 Å². The van der Waals surface area contributed by atoms with E-state index in [1.54, 1.807) is 13.1 Å². The van der Waals surface area contributed by atoms with E-state index in [0.29, 0.717) is 5.69 Å². The van der Waals surface area contributed by atoms with E-state index in [1.165, 1.54) is 4.68 Å². The van der Waals surface area contributed by atoms with Gasteiger partial charge in [0.1, 0.15) is 11.7 Å². The Morgan fingerprint density at radius 2 is 2.29 bits per heavy atom. The SMILES string of the molecule is CCCC(C)NC(=O)C(C)n1cc(CO)nn1. The van der Waals surface area contributed by atoms with E-state index >= 15 is 0 Å². The molecular formula is C11H20N4O2. The molecule has 6 nitrogen and oxygen atoms in total. The van der Waals surface area contributed by atoms with Gasteiger partial charge in [0.25, 0.3) is 0 Å². The third kappa shape index (κ3) is 3.81. The van der Waals surface area contributed by atoms with Gasteiger partial charge in [0, 0.05) is 6.04 Å². The fourth-order valence-corrected chi connectivity index (χ4v) is 1.56. The summed E-state index contributed by atoms with van der Waals surface area (Å²) in [7, 11) is 0. The van der Waals surface area contributed by atoms with Crippen LogP contribution in [-0.4, -0.2) is 32.0 Å². The first-order valence-electron chi connectivity index (χ1n) is 5.90. The minimum Gasteiger partial charge on any atom is -0.390 e. The molecule has 2 atom stereocenters. The van der Waals surface area contributed by atoms with Crippen molar-refractivity contribution in [2.75, 3.05) is 0 Å². The monoisotopic (exact) mass is 240 g/mol. The summed E-state index contributed by atoms with van der Waals surface area (Å²) in [6, 6.07) is -0.252. The van der Waals surface area contributed by atoms with Gasteiger partial charge in [-0.1, -0.05) is 18.6 Å². The Bertz CT molecular complexity index is 364. The van der Waals surface area contributed by atoms with Crippen LogP contribution in [0.1, 0.15) is 45.3 Å². The van der Waals surface area contributed by atoms with Crippen molar-refractivity contribution in [2.45, 2.75) is 52.3 Å². The van der Waals surface area contributed by atoms with Gasteiger partial charge in [0.2, 0.25) is 5.91 Å². The first kappa shape index (κ1) is 13.6. The first-order chi connectivity index (χ1) is 8.08. The normalized spacial score (nSPS) is 14.4. The number of hydrogen-bond acceptors (Lipinski definition) is 4. The Kier molecular flexibility index (Phi) is 5.09. The van der Waals surface area contributed by atoms with Crippen molar-refractivity contribution in [1.29, 1.82) is 0 Å². The van der Waals surface area contributed by atoms with Crippen molar-refractivity contribution in [2.24, 2.45) is 0 Å². The van der Waals surface area contributed by atoms with E-state index in [-0.39, 0.29) is 18.6 Å². The summed E-state index contributed by atoms with van der Waals surface area (Å²) in [5.41, 5.74) is 0.464. The number of nitrogens with zero attached hydrogens (tertiary/aromatic N) is 3. The number of carbonyl (C=O) groups is 1. The summed E-state index contributed by atoms with van der Waals surface area (Å²) in [6.07, 6.45) is 3.57. The van der Waals surface area contributed by atoms with Gasteiger partial charge < -0.3 is 10.4 Å². The zero-order valence-electron chi connectivity index (χ0n) is 10.6. The number of nitrogens with one attached hydrogen (secondary N) is 1. The van der Waals surface area contributed by atoms with Gasteiger partial charge in [-0.15, -0.1) is 5.10 Å². The molecule has 0 saturated heterocycles. The molecule has 1 rings (SSSR count). The van der Waals surface area contributed by atoms with Crippen LogP contribution in [0.15, 0.2) is 6.20 Å². The summed E-state index contributed by atoms with van der Waals surface area (Å²) in [6.45, 7) is 5.65. The number of hydrogen-bond donors (Lipinski definition) is 2. The molecule has 0 aromatic carbocycles. The second kappa shape index (κ2) is 6.34. The molecule has 6 heteroatoms. The second-order valence-corrected chi connectivity index (χ2v) is 4.22. The Morgan fingerprint density at radius 3 is 2.82 bits per heavy atom. The van der Waals surface area contributed by atoms with E-state index in [1.807, 2.05) is 6.92 Å². The van der Waals surface area contributed by atoms with Crippen LogP contribution < -0.4 is 5.32 Å². The van der Waals surface area contributed by atoms with Crippen molar-refractivity contribution < 1.29 is 9.90 Å². The lowest BCUT2D eigenvalue weighted by Gasteiger charge is -2.16. The molecule has 96 valence electrons. The van der Waals surface area contributed by atoms with Crippen LogP contribution in [0.3, 0.4) is 0 Å². The van der Waals surface area contributed by atoms with Crippen LogP contribution >= 0.6 is 0 Å². The minimum absolute atomic E-state index is 0.0830. The van der Waals surface area contributed by atoms with Crippen LogP contribution in [0.25, 0.3) is 0 Å². The lowest BCUT2D eigenvalue weighted by atomic mass is 10.2. The molecule has 1 amide bonds. The Morgan fingerprint density at radius 1 is 1.59 bits per heavy atom. The molecule has 0 aliphatic rings. The average molecular weight is 240 g/mol. The van der Waals surface area contributed by atoms with E-state index in [0.717, 1.165) is 12.8 Å². The Balaban J connectivity index is 2.56. The van der Waals surface area contributed by atoms with Gasteiger partial charge in [-0.05, 0) is 20.3 Å². The number of amides is 1. The van der Waals surface area contributed by atoms with Crippen molar-refractivity contribution in [3.8, 4) is 0 Å². The maximum absolute atomic E-state index is 11.9. The topological polar surface area (TPSA) is 80.0 Å². The third-order valence-corrected chi connectivity index (χ3v) is 2.61. The van der Waals surface area contributed by atoms with Crippen LogP contribution in [0.5, 0.6) is 0 Å². The average Bonchev–Trinajstić information content (AvgIpc) is 2.76. The number of aliphatic hydroxyl groups is 1. The molecule has 2 unspecified atom stereocenters. The Labute approximate surface area is 101 Å². The zero-order chi connectivity index (χ0) is 12.8. The van der Waals surface area contributed by atoms with Crippen LogP contribution in [0.2, 0.25) is 0 Å². The van der Waals surface area contributed by atoms with Gasteiger partial charge >= 0.3 is 0 Å². The maximum atomic E-state index is 11.9. The highest BCUT2D eigenvalue weighted by molar-refractivity contribution is 5.79. The molecule has 0 aliphatic carbocycles. The zero-order valence-corrected chi connectivity index (χ0v) is 10.6. The quantitative estimate of drug-likeness (QED) is 0.764. The predicted octanol–water partition coefficient (Wildman–Crippen LogP) is 0.636. The highest BCUT2D eigenvalue weighted by Crippen LogP contribution is 2.06. The summed E-state index contributed by atoms with van der Waals surface area (Å²) in [4.78, 5) is 11.9. The van der Waals surface area contributed by atoms with E-state index in [2.05, 4.69) is 22.6 Å². The van der Waals surface area contributed by atoms with Gasteiger partial charge in [-0.2, -0.15) is 0 Å². The maximum Gasteiger partial charge on any atom is 0.244 e. The Hall–Kier alpha value is -1.43. The molecule has 1 aromatic heterocycles. The summed E-state index contributed by atoms with van der Waals surface area (Å²) >= 11 is 0. The molecule has 1 heterocycles. The van der Waals surface area contributed by atoms with E-state index < -0.39 is 6.04 Å². The van der Waals surface area contributed by atoms with Crippen molar-refractivity contribution in [3.63, 3.8) is 0 Å². The lowest BCUT2D eigenvalue weighted by molar-refractivity contribution is -0.124. The summed E-state index contributed by atoms with van der Waals surface area (Å²) in [5.74, 6) is -0.0830. The van der Waals surface area contributed by atoms with Gasteiger partial charge in [0.15, 0.2) is 0 Å². The molecule has 0 radical (unpaired) electrons. The molecule has 0 bridgehead atoms. The van der Waals surface area contributed by atoms with Crippen molar-refractivity contribution in [3.05, 3.63) is 11.9 Å². The smallest absolute Gasteiger partial charge is 0.244 e. The van der Waals surface area contributed by atoms with Gasteiger partial charge in [-0.25, -0.2) is 4.68 Å². The molecule has 17 heavy (non-hydrogen) atoms. The number of rotatable bonds is 6. The fourth-order valence-electron chi connectivity index (χ4n) is 1.56. The van der Waals surface area contributed by atoms with Crippen LogP contribution in [-0.2, 0) is 11.4 Å². The molecule has 0 saturated carbocycles. The van der Waals surface area contributed by atoms with Crippen molar-refractivity contribution in [1.82, 2.24) is 20.3 Å². The number of carbonyl (C=O) groups excluding carboxylic acids is 1. The minimum atomic E-state index is -0.415. The molecular weight excluding hydrogens is 220 g/mol. The fraction of sp³-hybridized carbons (Fsp3) is 0.727. The van der Waals surface area contributed by atoms with Crippen molar-refractivity contribution >= 4 is 5.91 Å². The molecule has 2 N–H and O–H groups in total. The largest absolute Gasteiger partial charge is 0.390 e. The number of aliphatic hydroxyl groups excluding tert-OH is 1. The third-order valence-electron chi connectivity index (χ3n) is 2.61. The summed E-state index contributed by atoms with van der Waals surface area (Å²) < 4.78 is 1.46. The van der Waals surface area contributed by atoms with Crippen LogP contribution in [0, 0.1) is 0 Å². The summed E-state index contributed by atoms with van der Waals surface area (Å²) in [5, 5.41) is 19.3. The number of aromatic nitrogens is 3. The highest BCUT2D eigenvalue weighted by Gasteiger charge is 2.17. The lowest BCUT2D eigenvalue weighted by Crippen LogP contribution is -2.37. The van der Waals surface area contributed by atoms with Crippen LogP contribution in [0.4, 0.5) is 0 Å². The molecule has 0 aliphatic heterocycles. The standard InChI is InChI=1S/C11H20N4O2/c1-4-5-8(2)12-11(17)9(3)15-6-10(7-16)13-14-15/h6,8-9,16H,4-5,7H2,1-3H3,(H,12,17). The second-order valence-electron chi connectivity index (χ2n) is 4.22. The van der Waals surface area contributed by atoms with E-state index in [4.69, 9.17) is 5.11 Å². The highest BCUT2D eigenvalue weighted by atomic mass is 16.3. The van der Waals surface area contributed by atoms with E-state index in [9.17, 15) is 4.79 Å². The first-order valence-corrected chi connectivity index (χ1v) is 5.90.